The Kier molecular flexibility index (Phi) is 7.97. The molecule has 1 saturated heterocycles. The van der Waals surface area contributed by atoms with Gasteiger partial charge < -0.3 is 14.8 Å². The first-order valence-electron chi connectivity index (χ1n) is 13.1. The molecule has 0 bridgehead atoms. The summed E-state index contributed by atoms with van der Waals surface area (Å²) < 4.78 is 11.1. The molecule has 1 aliphatic carbocycles. The fourth-order valence-electron chi connectivity index (χ4n) is 5.70. The van der Waals surface area contributed by atoms with Crippen LogP contribution in [0, 0.1) is 0 Å². The van der Waals surface area contributed by atoms with Gasteiger partial charge in [0.1, 0.15) is 6.61 Å². The standard InChI is InChI=1S/C31H34N2O4/c34-29(28-14-8-7-11-25(28)23-37-30(35)24-9-3-1-4-10-24)32-27-15-17-31(18-16-27,26-12-5-2-6-13-26)33-19-21-36-22-20-33/h1-14,27H,15-23H2,(H,32,34). The third-order valence-corrected chi connectivity index (χ3v) is 7.71. The van der Waals surface area contributed by atoms with Crippen molar-refractivity contribution >= 4 is 11.9 Å². The third kappa shape index (κ3) is 5.76. The Morgan fingerprint density at radius 2 is 1.49 bits per heavy atom. The Morgan fingerprint density at radius 1 is 0.865 bits per heavy atom. The first-order chi connectivity index (χ1) is 18.2. The van der Waals surface area contributed by atoms with Crippen molar-refractivity contribution in [3.63, 3.8) is 0 Å². The summed E-state index contributed by atoms with van der Waals surface area (Å²) in [6.45, 7) is 3.44. The highest BCUT2D eigenvalue weighted by Gasteiger charge is 2.42. The van der Waals surface area contributed by atoms with Crippen LogP contribution in [0.2, 0.25) is 0 Å². The molecular formula is C31H34N2O4. The van der Waals surface area contributed by atoms with Gasteiger partial charge >= 0.3 is 5.97 Å². The van der Waals surface area contributed by atoms with E-state index < -0.39 is 5.97 Å². The van der Waals surface area contributed by atoms with Crippen LogP contribution in [0.25, 0.3) is 0 Å². The lowest BCUT2D eigenvalue weighted by molar-refractivity contribution is -0.0431. The van der Waals surface area contributed by atoms with Crippen LogP contribution in [-0.2, 0) is 21.6 Å². The maximum absolute atomic E-state index is 13.3. The first kappa shape index (κ1) is 25.2. The van der Waals surface area contributed by atoms with Crippen molar-refractivity contribution in [1.29, 1.82) is 0 Å². The second-order valence-electron chi connectivity index (χ2n) is 9.84. The maximum atomic E-state index is 13.3. The van der Waals surface area contributed by atoms with Crippen LogP contribution in [0.1, 0.15) is 57.5 Å². The van der Waals surface area contributed by atoms with Crippen molar-refractivity contribution in [2.75, 3.05) is 26.3 Å². The minimum absolute atomic E-state index is 0.0180. The van der Waals surface area contributed by atoms with Gasteiger partial charge in [-0.25, -0.2) is 4.79 Å². The van der Waals surface area contributed by atoms with E-state index in [9.17, 15) is 9.59 Å². The molecule has 0 unspecified atom stereocenters. The number of carbonyl (C=O) groups is 2. The molecule has 1 amide bonds. The molecule has 192 valence electrons. The SMILES string of the molecule is O=C(OCc1ccccc1C(=O)NC1CCC(c2ccccc2)(N2CCOCC2)CC1)c1ccccc1. The van der Waals surface area contributed by atoms with Crippen LogP contribution in [0.5, 0.6) is 0 Å². The Morgan fingerprint density at radius 3 is 2.19 bits per heavy atom. The number of carbonyl (C=O) groups excluding carboxylic acids is 2. The van der Waals surface area contributed by atoms with Crippen molar-refractivity contribution in [2.45, 2.75) is 43.9 Å². The summed E-state index contributed by atoms with van der Waals surface area (Å²) in [5.41, 5.74) is 3.08. The highest BCUT2D eigenvalue weighted by molar-refractivity contribution is 5.96. The number of morpholine rings is 1. The zero-order valence-electron chi connectivity index (χ0n) is 21.1. The molecule has 0 radical (unpaired) electrons. The Labute approximate surface area is 218 Å². The third-order valence-electron chi connectivity index (χ3n) is 7.71. The number of nitrogens with one attached hydrogen (secondary N) is 1. The lowest BCUT2D eigenvalue weighted by Crippen LogP contribution is -2.54. The minimum Gasteiger partial charge on any atom is -0.457 e. The van der Waals surface area contributed by atoms with Crippen LogP contribution in [0.3, 0.4) is 0 Å². The summed E-state index contributed by atoms with van der Waals surface area (Å²) in [6.07, 6.45) is 3.78. The van der Waals surface area contributed by atoms with E-state index >= 15 is 0 Å². The maximum Gasteiger partial charge on any atom is 0.338 e. The minimum atomic E-state index is -0.400. The summed E-state index contributed by atoms with van der Waals surface area (Å²) in [7, 11) is 0. The molecule has 37 heavy (non-hydrogen) atoms. The van der Waals surface area contributed by atoms with Gasteiger partial charge in [0.15, 0.2) is 0 Å². The lowest BCUT2D eigenvalue weighted by Gasteiger charge is -2.50. The zero-order valence-corrected chi connectivity index (χ0v) is 21.1. The number of esters is 1. The van der Waals surface area contributed by atoms with Crippen LogP contribution >= 0.6 is 0 Å². The quantitative estimate of drug-likeness (QED) is 0.467. The largest absolute Gasteiger partial charge is 0.457 e. The first-order valence-corrected chi connectivity index (χ1v) is 13.1. The monoisotopic (exact) mass is 498 g/mol. The molecule has 6 heteroatoms. The van der Waals surface area contributed by atoms with Crippen molar-refractivity contribution in [2.24, 2.45) is 0 Å². The molecule has 2 fully saturated rings. The average Bonchev–Trinajstić information content (AvgIpc) is 2.98. The van der Waals surface area contributed by atoms with E-state index in [0.717, 1.165) is 52.0 Å². The van der Waals surface area contributed by atoms with Crippen LogP contribution in [0.4, 0.5) is 0 Å². The summed E-state index contributed by atoms with van der Waals surface area (Å²) in [4.78, 5) is 28.3. The molecule has 1 N–H and O–H groups in total. The van der Waals surface area contributed by atoms with E-state index in [1.165, 1.54) is 5.56 Å². The number of amides is 1. The van der Waals surface area contributed by atoms with E-state index in [2.05, 4.69) is 40.5 Å². The predicted molar refractivity (Wildman–Crippen MR) is 142 cm³/mol. The molecule has 3 aromatic rings. The number of nitrogens with zero attached hydrogens (tertiary/aromatic N) is 1. The van der Waals surface area contributed by atoms with E-state index in [4.69, 9.17) is 9.47 Å². The molecule has 2 aliphatic rings. The lowest BCUT2D eigenvalue weighted by atomic mass is 9.73. The van der Waals surface area contributed by atoms with Gasteiger partial charge in [-0.05, 0) is 49.4 Å². The predicted octanol–water partition coefficient (Wildman–Crippen LogP) is 4.94. The normalized spacial score (nSPS) is 22.2. The highest BCUT2D eigenvalue weighted by Crippen LogP contribution is 2.42. The van der Waals surface area contributed by atoms with E-state index in [0.29, 0.717) is 16.7 Å². The van der Waals surface area contributed by atoms with Gasteiger partial charge in [-0.3, -0.25) is 9.69 Å². The van der Waals surface area contributed by atoms with Gasteiger partial charge in [0.25, 0.3) is 5.91 Å². The molecule has 6 nitrogen and oxygen atoms in total. The number of hydrogen-bond donors (Lipinski definition) is 1. The zero-order chi connectivity index (χ0) is 25.5. The van der Waals surface area contributed by atoms with Crippen molar-refractivity contribution in [3.8, 4) is 0 Å². The fraction of sp³-hybridized carbons (Fsp3) is 0.355. The van der Waals surface area contributed by atoms with Gasteiger partial charge in [0.05, 0.1) is 18.8 Å². The number of ether oxygens (including phenoxy) is 2. The average molecular weight is 499 g/mol. The molecule has 1 aliphatic heterocycles. The summed E-state index contributed by atoms with van der Waals surface area (Å²) in [6, 6.07) is 27.1. The van der Waals surface area contributed by atoms with E-state index in [1.54, 1.807) is 30.3 Å². The Hall–Kier alpha value is -3.48. The topological polar surface area (TPSA) is 67.9 Å². The molecule has 0 aromatic heterocycles. The van der Waals surface area contributed by atoms with Gasteiger partial charge in [-0.15, -0.1) is 0 Å². The number of hydrogen-bond acceptors (Lipinski definition) is 5. The molecule has 0 atom stereocenters. The fourth-order valence-corrected chi connectivity index (χ4v) is 5.70. The van der Waals surface area contributed by atoms with E-state index in [-0.39, 0.29) is 24.1 Å². The van der Waals surface area contributed by atoms with Crippen molar-refractivity contribution in [3.05, 3.63) is 107 Å². The van der Waals surface area contributed by atoms with Crippen LogP contribution in [0.15, 0.2) is 84.9 Å². The van der Waals surface area contributed by atoms with E-state index in [1.807, 2.05) is 24.3 Å². The van der Waals surface area contributed by atoms with Gasteiger partial charge in [0, 0.05) is 35.8 Å². The molecular weight excluding hydrogens is 464 g/mol. The van der Waals surface area contributed by atoms with Crippen LogP contribution in [-0.4, -0.2) is 49.1 Å². The molecule has 0 spiro atoms. The smallest absolute Gasteiger partial charge is 0.338 e. The van der Waals surface area contributed by atoms with Gasteiger partial charge in [0.2, 0.25) is 0 Å². The highest BCUT2D eigenvalue weighted by atomic mass is 16.5. The summed E-state index contributed by atoms with van der Waals surface area (Å²) in [5, 5.41) is 3.26. The Balaban J connectivity index is 1.23. The molecule has 5 rings (SSSR count). The molecule has 1 saturated carbocycles. The van der Waals surface area contributed by atoms with Gasteiger partial charge in [-0.2, -0.15) is 0 Å². The summed E-state index contributed by atoms with van der Waals surface area (Å²) in [5.74, 6) is -0.515. The van der Waals surface area contributed by atoms with Crippen molar-refractivity contribution < 1.29 is 19.1 Å². The molecule has 3 aromatic carbocycles. The van der Waals surface area contributed by atoms with Gasteiger partial charge in [-0.1, -0.05) is 66.7 Å². The molecule has 1 heterocycles. The second kappa shape index (κ2) is 11.7. The summed E-state index contributed by atoms with van der Waals surface area (Å²) >= 11 is 0. The Bertz CT molecular complexity index is 1180. The second-order valence-corrected chi connectivity index (χ2v) is 9.84. The number of benzene rings is 3. The number of rotatable bonds is 7. The van der Waals surface area contributed by atoms with Crippen molar-refractivity contribution in [1.82, 2.24) is 10.2 Å². The van der Waals surface area contributed by atoms with Crippen LogP contribution < -0.4 is 5.32 Å².